The van der Waals surface area contributed by atoms with Gasteiger partial charge in [0.05, 0.1) is 18.8 Å². The molecule has 2 fully saturated rings. The first-order valence-electron chi connectivity index (χ1n) is 9.79. The highest BCUT2D eigenvalue weighted by molar-refractivity contribution is 7.89. The van der Waals surface area contributed by atoms with Gasteiger partial charge in [-0.3, -0.25) is 14.5 Å². The zero-order valence-corrected chi connectivity index (χ0v) is 17.2. The minimum atomic E-state index is -3.47. The summed E-state index contributed by atoms with van der Waals surface area (Å²) in [4.78, 5) is 37.4. The van der Waals surface area contributed by atoms with E-state index in [0.717, 1.165) is 17.7 Å². The molecule has 1 aromatic rings. The monoisotopic (exact) mass is 422 g/mol. The van der Waals surface area contributed by atoms with Crippen molar-refractivity contribution in [2.24, 2.45) is 0 Å². The number of carbonyl (C=O) groups excluding carboxylic acids is 3. The van der Waals surface area contributed by atoms with Crippen molar-refractivity contribution in [1.29, 1.82) is 0 Å². The Morgan fingerprint density at radius 3 is 2.76 bits per heavy atom. The highest BCUT2D eigenvalue weighted by Gasteiger charge is 2.36. The zero-order chi connectivity index (χ0) is 21.0. The van der Waals surface area contributed by atoms with Crippen molar-refractivity contribution >= 4 is 33.6 Å². The summed E-state index contributed by atoms with van der Waals surface area (Å²) < 4.78 is 26.4. The van der Waals surface area contributed by atoms with Gasteiger partial charge in [-0.15, -0.1) is 0 Å². The molecule has 2 N–H and O–H groups in total. The van der Waals surface area contributed by atoms with E-state index in [0.29, 0.717) is 30.6 Å². The van der Waals surface area contributed by atoms with E-state index < -0.39 is 22.1 Å². The number of hydrogen-bond donors (Lipinski definition) is 2. The Kier molecular flexibility index (Phi) is 6.53. The van der Waals surface area contributed by atoms with E-state index in [9.17, 15) is 22.8 Å². The first kappa shape index (κ1) is 21.3. The number of imide groups is 1. The van der Waals surface area contributed by atoms with Gasteiger partial charge in [-0.2, -0.15) is 4.31 Å². The van der Waals surface area contributed by atoms with Crippen LogP contribution in [0, 0.1) is 0 Å². The largest absolute Gasteiger partial charge is 0.329 e. The molecule has 0 radical (unpaired) electrons. The van der Waals surface area contributed by atoms with Crippen molar-refractivity contribution in [3.05, 3.63) is 29.8 Å². The number of anilines is 1. The maximum Gasteiger partial charge on any atom is 0.324 e. The average Bonchev–Trinajstić information content (AvgIpc) is 3.00. The fourth-order valence-electron chi connectivity index (χ4n) is 3.65. The van der Waals surface area contributed by atoms with Gasteiger partial charge < -0.3 is 10.6 Å². The molecule has 1 aromatic carbocycles. The van der Waals surface area contributed by atoms with Gasteiger partial charge in [0.2, 0.25) is 21.8 Å². The topological polar surface area (TPSA) is 116 Å². The molecule has 1 unspecified atom stereocenters. The molecule has 0 aliphatic carbocycles. The molecule has 2 saturated heterocycles. The predicted molar refractivity (Wildman–Crippen MR) is 107 cm³/mol. The van der Waals surface area contributed by atoms with Crippen LogP contribution in [-0.2, 0) is 26.2 Å². The van der Waals surface area contributed by atoms with Crippen LogP contribution in [0.1, 0.15) is 38.2 Å². The second kappa shape index (κ2) is 8.91. The van der Waals surface area contributed by atoms with Gasteiger partial charge in [-0.1, -0.05) is 25.5 Å². The average molecular weight is 423 g/mol. The molecular formula is C19H26N4O5S. The molecule has 0 saturated carbocycles. The number of amides is 4. The summed E-state index contributed by atoms with van der Waals surface area (Å²) in [6.07, 6.45) is 2.52. The van der Waals surface area contributed by atoms with Gasteiger partial charge >= 0.3 is 6.03 Å². The van der Waals surface area contributed by atoms with Gasteiger partial charge in [0.1, 0.15) is 6.04 Å². The first-order chi connectivity index (χ1) is 13.8. The van der Waals surface area contributed by atoms with E-state index in [-0.39, 0.29) is 30.7 Å². The second-order valence-electron chi connectivity index (χ2n) is 7.27. The van der Waals surface area contributed by atoms with E-state index in [2.05, 4.69) is 10.6 Å². The van der Waals surface area contributed by atoms with E-state index in [1.165, 1.54) is 4.31 Å². The molecule has 158 valence electrons. The van der Waals surface area contributed by atoms with Gasteiger partial charge in [-0.25, -0.2) is 13.2 Å². The first-order valence-corrected chi connectivity index (χ1v) is 11.4. The van der Waals surface area contributed by atoms with Crippen molar-refractivity contribution in [1.82, 2.24) is 14.5 Å². The van der Waals surface area contributed by atoms with Crippen LogP contribution in [0.5, 0.6) is 0 Å². The SMILES string of the molecule is CCCS(=O)(=O)N1CCCCC1C(=O)Nc1cccc(CN2C(=O)CNC2=O)c1. The third-order valence-electron chi connectivity index (χ3n) is 5.05. The van der Waals surface area contributed by atoms with Crippen molar-refractivity contribution in [2.75, 3.05) is 24.2 Å². The van der Waals surface area contributed by atoms with Crippen LogP contribution in [0.25, 0.3) is 0 Å². The summed E-state index contributed by atoms with van der Waals surface area (Å²) in [7, 11) is -3.47. The van der Waals surface area contributed by atoms with Gasteiger partial charge in [0.15, 0.2) is 0 Å². The Morgan fingerprint density at radius 2 is 2.07 bits per heavy atom. The number of piperidine rings is 1. The minimum absolute atomic E-state index is 0.0149. The lowest BCUT2D eigenvalue weighted by Crippen LogP contribution is -2.50. The number of nitrogens with one attached hydrogen (secondary N) is 2. The molecule has 0 spiro atoms. The number of benzene rings is 1. The maximum atomic E-state index is 12.8. The normalized spacial score (nSPS) is 20.6. The van der Waals surface area contributed by atoms with Gasteiger partial charge in [0, 0.05) is 12.2 Å². The van der Waals surface area contributed by atoms with Crippen LogP contribution in [0.15, 0.2) is 24.3 Å². The van der Waals surface area contributed by atoms with Crippen LogP contribution in [-0.4, -0.2) is 60.4 Å². The maximum absolute atomic E-state index is 12.8. The molecule has 2 heterocycles. The number of hydrogen-bond acceptors (Lipinski definition) is 5. The highest BCUT2D eigenvalue weighted by Crippen LogP contribution is 2.23. The second-order valence-corrected chi connectivity index (χ2v) is 9.31. The Labute approximate surface area is 170 Å². The molecule has 1 atom stereocenters. The zero-order valence-electron chi connectivity index (χ0n) is 16.4. The Hall–Kier alpha value is -2.46. The standard InChI is InChI=1S/C19H26N4O5S/c1-2-10-29(27,28)23-9-4-3-8-16(23)18(25)21-15-7-5-6-14(11-15)13-22-17(24)12-20-19(22)26/h5-7,11,16H,2-4,8-10,12-13H2,1H3,(H,20,26)(H,21,25). The summed E-state index contributed by atoms with van der Waals surface area (Å²) >= 11 is 0. The summed E-state index contributed by atoms with van der Waals surface area (Å²) in [6.45, 7) is 2.24. The lowest BCUT2D eigenvalue weighted by molar-refractivity contribution is -0.125. The predicted octanol–water partition coefficient (Wildman–Crippen LogP) is 1.27. The molecule has 2 aliphatic rings. The molecular weight excluding hydrogens is 396 g/mol. The molecule has 0 aromatic heterocycles. The molecule has 29 heavy (non-hydrogen) atoms. The molecule has 9 nitrogen and oxygen atoms in total. The summed E-state index contributed by atoms with van der Waals surface area (Å²) in [6, 6.07) is 5.69. The third kappa shape index (κ3) is 4.94. The highest BCUT2D eigenvalue weighted by atomic mass is 32.2. The van der Waals surface area contributed by atoms with E-state index in [4.69, 9.17) is 0 Å². The van der Waals surface area contributed by atoms with Crippen molar-refractivity contribution < 1.29 is 22.8 Å². The Morgan fingerprint density at radius 1 is 1.28 bits per heavy atom. The minimum Gasteiger partial charge on any atom is -0.329 e. The molecule has 10 heteroatoms. The van der Waals surface area contributed by atoms with Crippen LogP contribution >= 0.6 is 0 Å². The van der Waals surface area contributed by atoms with Gasteiger partial charge in [-0.05, 0) is 37.0 Å². The van der Waals surface area contributed by atoms with Crippen LogP contribution in [0.4, 0.5) is 10.5 Å². The molecule has 0 bridgehead atoms. The molecule has 4 amide bonds. The lowest BCUT2D eigenvalue weighted by atomic mass is 10.0. The number of carbonyl (C=O) groups is 3. The van der Waals surface area contributed by atoms with E-state index >= 15 is 0 Å². The number of nitrogens with zero attached hydrogens (tertiary/aromatic N) is 2. The van der Waals surface area contributed by atoms with E-state index in [1.807, 2.05) is 0 Å². The molecule has 3 rings (SSSR count). The van der Waals surface area contributed by atoms with Crippen LogP contribution in [0.3, 0.4) is 0 Å². The summed E-state index contributed by atoms with van der Waals surface area (Å²) in [5, 5.41) is 5.26. The number of urea groups is 1. The van der Waals surface area contributed by atoms with Crippen molar-refractivity contribution in [3.63, 3.8) is 0 Å². The van der Waals surface area contributed by atoms with Crippen LogP contribution in [0.2, 0.25) is 0 Å². The Balaban J connectivity index is 1.71. The summed E-state index contributed by atoms with van der Waals surface area (Å²) in [5.41, 5.74) is 1.19. The molecule has 2 aliphatic heterocycles. The van der Waals surface area contributed by atoms with Gasteiger partial charge in [0.25, 0.3) is 0 Å². The fraction of sp³-hybridized carbons (Fsp3) is 0.526. The quantitative estimate of drug-likeness (QED) is 0.642. The van der Waals surface area contributed by atoms with E-state index in [1.54, 1.807) is 31.2 Å². The third-order valence-corrected chi connectivity index (χ3v) is 7.12. The number of rotatable bonds is 7. The van der Waals surface area contributed by atoms with Crippen molar-refractivity contribution in [2.45, 2.75) is 45.2 Å². The van der Waals surface area contributed by atoms with Crippen molar-refractivity contribution in [3.8, 4) is 0 Å². The summed E-state index contributed by atoms with van der Waals surface area (Å²) in [5.74, 6) is -0.641. The Bertz CT molecular complexity index is 886. The lowest BCUT2D eigenvalue weighted by Gasteiger charge is -2.33. The van der Waals surface area contributed by atoms with Crippen LogP contribution < -0.4 is 10.6 Å². The smallest absolute Gasteiger partial charge is 0.324 e. The fourth-order valence-corrected chi connectivity index (χ4v) is 5.39. The number of sulfonamides is 1.